The van der Waals surface area contributed by atoms with Crippen LogP contribution in [0.5, 0.6) is 0 Å². The van der Waals surface area contributed by atoms with Gasteiger partial charge >= 0.3 is 12.1 Å². The van der Waals surface area contributed by atoms with Crippen molar-refractivity contribution >= 4 is 18.0 Å². The molecule has 1 aliphatic carbocycles. The summed E-state index contributed by atoms with van der Waals surface area (Å²) in [5.41, 5.74) is 3.18. The van der Waals surface area contributed by atoms with Gasteiger partial charge in [-0.3, -0.25) is 4.79 Å². The number of halogens is 2. The molecule has 0 radical (unpaired) electrons. The Hall–Kier alpha value is -3.49. The van der Waals surface area contributed by atoms with Crippen molar-refractivity contribution in [3.8, 4) is 11.1 Å². The van der Waals surface area contributed by atoms with Crippen molar-refractivity contribution in [1.82, 2.24) is 10.6 Å². The van der Waals surface area contributed by atoms with Gasteiger partial charge in [0.1, 0.15) is 18.7 Å². The molecule has 2 amide bonds. The Labute approximate surface area is 196 Å². The molecule has 1 aliphatic rings. The quantitative estimate of drug-likeness (QED) is 0.533. The number of carboxylic acid groups (broad SMARTS) is 1. The van der Waals surface area contributed by atoms with E-state index in [0.717, 1.165) is 22.3 Å². The zero-order valence-electron chi connectivity index (χ0n) is 19.2. The second-order valence-electron chi connectivity index (χ2n) is 9.32. The van der Waals surface area contributed by atoms with E-state index in [9.17, 15) is 28.3 Å². The van der Waals surface area contributed by atoms with Crippen molar-refractivity contribution in [1.29, 1.82) is 0 Å². The van der Waals surface area contributed by atoms with Crippen LogP contribution in [0.25, 0.3) is 11.1 Å². The number of carbonyl (C=O) groups excluding carboxylic acids is 2. The third-order valence-electron chi connectivity index (χ3n) is 5.77. The first-order valence-electron chi connectivity index (χ1n) is 10.9. The number of rotatable bonds is 8. The Morgan fingerprint density at radius 2 is 1.50 bits per heavy atom. The monoisotopic (exact) mass is 474 g/mol. The van der Waals surface area contributed by atoms with E-state index in [2.05, 4.69) is 5.32 Å². The number of hydrogen-bond acceptors (Lipinski definition) is 4. The highest BCUT2D eigenvalue weighted by Gasteiger charge is 2.35. The van der Waals surface area contributed by atoms with Crippen LogP contribution >= 0.6 is 0 Å². The molecule has 2 aromatic carbocycles. The number of nitrogens with one attached hydrogen (secondary N) is 2. The molecule has 0 bridgehead atoms. The minimum atomic E-state index is -3.05. The lowest BCUT2D eigenvalue weighted by atomic mass is 9.86. The maximum absolute atomic E-state index is 13.5. The molecule has 0 heterocycles. The largest absolute Gasteiger partial charge is 0.480 e. The lowest BCUT2D eigenvalue weighted by Crippen LogP contribution is -2.51. The van der Waals surface area contributed by atoms with Gasteiger partial charge in [-0.25, -0.2) is 18.4 Å². The van der Waals surface area contributed by atoms with Gasteiger partial charge < -0.3 is 20.5 Å². The van der Waals surface area contributed by atoms with Gasteiger partial charge in [0.05, 0.1) is 6.42 Å². The van der Waals surface area contributed by atoms with Crippen molar-refractivity contribution < 1.29 is 33.0 Å². The van der Waals surface area contributed by atoms with E-state index in [4.69, 9.17) is 4.74 Å². The number of aliphatic carboxylic acids is 1. The summed E-state index contributed by atoms with van der Waals surface area (Å²) in [5.74, 6) is -2.43. The van der Waals surface area contributed by atoms with Gasteiger partial charge in [0.2, 0.25) is 5.91 Å². The molecule has 7 nitrogen and oxygen atoms in total. The van der Waals surface area contributed by atoms with Crippen LogP contribution in [-0.2, 0) is 14.3 Å². The van der Waals surface area contributed by atoms with Crippen LogP contribution < -0.4 is 10.6 Å². The van der Waals surface area contributed by atoms with Crippen molar-refractivity contribution in [3.63, 3.8) is 0 Å². The third kappa shape index (κ3) is 5.70. The smallest absolute Gasteiger partial charge is 0.407 e. The molecule has 0 fully saturated rings. The minimum absolute atomic E-state index is 0.0624. The maximum Gasteiger partial charge on any atom is 0.407 e. The highest BCUT2D eigenvalue weighted by Crippen LogP contribution is 2.44. The Morgan fingerprint density at radius 1 is 0.971 bits per heavy atom. The van der Waals surface area contributed by atoms with E-state index in [1.165, 1.54) is 0 Å². The highest BCUT2D eigenvalue weighted by atomic mass is 19.3. The van der Waals surface area contributed by atoms with Gasteiger partial charge in [-0.15, -0.1) is 0 Å². The maximum atomic E-state index is 13.5. The van der Waals surface area contributed by atoms with Crippen LogP contribution in [0.3, 0.4) is 0 Å². The Balaban J connectivity index is 1.62. The van der Waals surface area contributed by atoms with Gasteiger partial charge in [-0.2, -0.15) is 0 Å². The average molecular weight is 475 g/mol. The first-order chi connectivity index (χ1) is 16.0. The molecule has 0 aromatic heterocycles. The fraction of sp³-hybridized carbons (Fsp3) is 0.400. The summed E-state index contributed by atoms with van der Waals surface area (Å²) < 4.78 is 32.3. The fourth-order valence-corrected chi connectivity index (χ4v) is 4.06. The summed E-state index contributed by atoms with van der Waals surface area (Å²) in [4.78, 5) is 36.0. The summed E-state index contributed by atoms with van der Waals surface area (Å²) in [6.45, 7) is 4.75. The van der Waals surface area contributed by atoms with Crippen LogP contribution in [-0.4, -0.2) is 48.2 Å². The zero-order valence-corrected chi connectivity index (χ0v) is 19.2. The summed E-state index contributed by atoms with van der Waals surface area (Å²) in [6, 6.07) is 12.3. The van der Waals surface area contributed by atoms with E-state index < -0.39 is 48.3 Å². The van der Waals surface area contributed by atoms with Crippen molar-refractivity contribution in [2.45, 2.75) is 51.6 Å². The van der Waals surface area contributed by atoms with Crippen LogP contribution in [0.15, 0.2) is 48.5 Å². The van der Waals surface area contributed by atoms with E-state index in [0.29, 0.717) is 0 Å². The second kappa shape index (κ2) is 10.2. The third-order valence-corrected chi connectivity index (χ3v) is 5.77. The first-order valence-corrected chi connectivity index (χ1v) is 10.9. The molecule has 0 aliphatic heterocycles. The molecule has 1 unspecified atom stereocenters. The number of ether oxygens (including phenoxy) is 1. The number of amides is 2. The summed E-state index contributed by atoms with van der Waals surface area (Å²) in [5, 5.41) is 13.6. The first kappa shape index (κ1) is 25.1. The zero-order chi connectivity index (χ0) is 25.0. The van der Waals surface area contributed by atoms with Crippen molar-refractivity contribution in [3.05, 3.63) is 59.7 Å². The SMILES string of the molecule is CC(C)(C)[C@H](NC(=O)CC(NC(=O)OCC1c2ccccc2-c2ccccc21)C(F)F)C(=O)O. The molecule has 2 atom stereocenters. The fourth-order valence-electron chi connectivity index (χ4n) is 4.06. The molecule has 0 saturated carbocycles. The summed E-state index contributed by atoms with van der Waals surface area (Å²) >= 11 is 0. The normalized spacial score (nSPS) is 14.6. The minimum Gasteiger partial charge on any atom is -0.480 e. The molecular formula is C25H28F2N2O5. The van der Waals surface area contributed by atoms with Gasteiger partial charge in [-0.05, 0) is 27.7 Å². The summed E-state index contributed by atoms with van der Waals surface area (Å²) in [7, 11) is 0. The molecule has 3 rings (SSSR count). The predicted octanol–water partition coefficient (Wildman–Crippen LogP) is 4.16. The van der Waals surface area contributed by atoms with E-state index >= 15 is 0 Å². The molecule has 34 heavy (non-hydrogen) atoms. The van der Waals surface area contributed by atoms with E-state index in [1.807, 2.05) is 53.8 Å². The number of fused-ring (bicyclic) bond motifs is 3. The Bertz CT molecular complexity index is 1020. The summed E-state index contributed by atoms with van der Waals surface area (Å²) in [6.07, 6.45) is -4.92. The second-order valence-corrected chi connectivity index (χ2v) is 9.32. The topological polar surface area (TPSA) is 105 Å². The number of alkyl halides is 2. The Morgan fingerprint density at radius 3 is 1.97 bits per heavy atom. The molecule has 182 valence electrons. The number of carbonyl (C=O) groups is 3. The van der Waals surface area contributed by atoms with Crippen LogP contribution in [0.2, 0.25) is 0 Å². The Kier molecular flexibility index (Phi) is 7.54. The lowest BCUT2D eigenvalue weighted by molar-refractivity contribution is -0.145. The number of alkyl carbamates (subject to hydrolysis) is 1. The lowest BCUT2D eigenvalue weighted by Gasteiger charge is -2.28. The number of carboxylic acids is 1. The van der Waals surface area contributed by atoms with Gasteiger partial charge in [0.15, 0.2) is 0 Å². The molecular weight excluding hydrogens is 446 g/mol. The molecule has 2 aromatic rings. The predicted molar refractivity (Wildman–Crippen MR) is 122 cm³/mol. The molecule has 3 N–H and O–H groups in total. The van der Waals surface area contributed by atoms with Crippen molar-refractivity contribution in [2.75, 3.05) is 6.61 Å². The van der Waals surface area contributed by atoms with Gasteiger partial charge in [-0.1, -0.05) is 69.3 Å². The number of benzene rings is 2. The molecule has 0 saturated heterocycles. The van der Waals surface area contributed by atoms with Crippen LogP contribution in [0.1, 0.15) is 44.2 Å². The van der Waals surface area contributed by atoms with Crippen LogP contribution in [0.4, 0.5) is 13.6 Å². The van der Waals surface area contributed by atoms with E-state index in [1.54, 1.807) is 20.8 Å². The van der Waals surface area contributed by atoms with Crippen molar-refractivity contribution in [2.24, 2.45) is 5.41 Å². The average Bonchev–Trinajstić information content (AvgIpc) is 3.08. The molecule has 9 heteroatoms. The highest BCUT2D eigenvalue weighted by molar-refractivity contribution is 5.85. The van der Waals surface area contributed by atoms with E-state index in [-0.39, 0.29) is 12.5 Å². The van der Waals surface area contributed by atoms with Gasteiger partial charge in [0.25, 0.3) is 6.43 Å². The molecule has 0 spiro atoms. The van der Waals surface area contributed by atoms with Gasteiger partial charge in [0, 0.05) is 5.92 Å². The standard InChI is InChI=1S/C25H28F2N2O5/c1-25(2,3)21(23(31)32)29-20(30)12-19(22(26)27)28-24(33)34-13-18-16-10-6-4-8-14(16)15-9-5-7-11-17(15)18/h4-11,18-19,21-22H,12-13H2,1-3H3,(H,28,33)(H,29,30)(H,31,32)/t19?,21-/m1/s1. The number of hydrogen-bond donors (Lipinski definition) is 3. The van der Waals surface area contributed by atoms with Crippen LogP contribution in [0, 0.1) is 5.41 Å².